The van der Waals surface area contributed by atoms with Crippen LogP contribution >= 0.6 is 11.8 Å². The number of morpholine rings is 1. The molecule has 0 unspecified atom stereocenters. The maximum absolute atomic E-state index is 12.9. The van der Waals surface area contributed by atoms with Crippen LogP contribution < -0.4 is 19.8 Å². The van der Waals surface area contributed by atoms with Gasteiger partial charge in [-0.2, -0.15) is 0 Å². The highest BCUT2D eigenvalue weighted by Crippen LogP contribution is 2.27. The standard InChI is InChI=1S/C20H28N6O4S/c1-28-16-5-2-3-6-17(16)30-15-18-22-23-20-26(18)25(11-14-31-20)19(27)21-7-4-8-24-9-12-29-13-10-24/h2-3,5-6H,4,7-15H2,1H3,(H,21,27). The molecule has 0 bridgehead atoms. The average Bonchev–Trinajstić information content (AvgIpc) is 3.24. The molecule has 4 rings (SSSR count). The van der Waals surface area contributed by atoms with Crippen LogP contribution in [-0.4, -0.2) is 84.6 Å². The first-order valence-electron chi connectivity index (χ1n) is 10.4. The highest BCUT2D eigenvalue weighted by molar-refractivity contribution is 7.99. The van der Waals surface area contributed by atoms with Gasteiger partial charge in [-0.1, -0.05) is 23.9 Å². The monoisotopic (exact) mass is 448 g/mol. The lowest BCUT2D eigenvalue weighted by molar-refractivity contribution is 0.0375. The average molecular weight is 449 g/mol. The maximum Gasteiger partial charge on any atom is 0.336 e. The smallest absolute Gasteiger partial charge is 0.336 e. The van der Waals surface area contributed by atoms with Gasteiger partial charge in [0.2, 0.25) is 5.16 Å². The van der Waals surface area contributed by atoms with Crippen LogP contribution in [-0.2, 0) is 11.3 Å². The Hall–Kier alpha value is -2.50. The minimum atomic E-state index is -0.151. The highest BCUT2D eigenvalue weighted by Gasteiger charge is 2.27. The first-order valence-corrected chi connectivity index (χ1v) is 11.4. The van der Waals surface area contributed by atoms with E-state index < -0.39 is 0 Å². The number of nitrogens with one attached hydrogen (secondary N) is 1. The van der Waals surface area contributed by atoms with Crippen molar-refractivity contribution in [3.05, 3.63) is 30.1 Å². The number of carbonyl (C=O) groups is 1. The number of ether oxygens (including phenoxy) is 3. The molecule has 0 spiro atoms. The number of methoxy groups -OCH3 is 1. The van der Waals surface area contributed by atoms with E-state index in [9.17, 15) is 4.79 Å². The van der Waals surface area contributed by atoms with Crippen molar-refractivity contribution in [1.82, 2.24) is 25.1 Å². The molecule has 0 saturated carbocycles. The number of nitrogens with zero attached hydrogens (tertiary/aromatic N) is 5. The molecule has 0 aliphatic carbocycles. The second-order valence-electron chi connectivity index (χ2n) is 7.16. The van der Waals surface area contributed by atoms with Crippen molar-refractivity contribution in [2.45, 2.75) is 18.2 Å². The van der Waals surface area contributed by atoms with E-state index in [4.69, 9.17) is 14.2 Å². The van der Waals surface area contributed by atoms with Crippen LogP contribution in [0.1, 0.15) is 12.2 Å². The minimum Gasteiger partial charge on any atom is -0.493 e. The van der Waals surface area contributed by atoms with E-state index in [2.05, 4.69) is 20.4 Å². The van der Waals surface area contributed by atoms with E-state index >= 15 is 0 Å². The molecule has 1 fully saturated rings. The zero-order valence-corrected chi connectivity index (χ0v) is 18.5. The molecule has 3 heterocycles. The summed E-state index contributed by atoms with van der Waals surface area (Å²) in [4.78, 5) is 15.2. The highest BCUT2D eigenvalue weighted by atomic mass is 32.2. The minimum absolute atomic E-state index is 0.151. The number of fused-ring (bicyclic) bond motifs is 1. The van der Waals surface area contributed by atoms with Gasteiger partial charge < -0.3 is 19.5 Å². The summed E-state index contributed by atoms with van der Waals surface area (Å²) in [5, 5.41) is 13.8. The van der Waals surface area contributed by atoms with E-state index in [1.807, 2.05) is 24.3 Å². The molecule has 168 valence electrons. The summed E-state index contributed by atoms with van der Waals surface area (Å²) in [6.45, 7) is 5.80. The lowest BCUT2D eigenvalue weighted by Gasteiger charge is -2.29. The molecule has 0 radical (unpaired) electrons. The van der Waals surface area contributed by atoms with Crippen molar-refractivity contribution in [2.24, 2.45) is 0 Å². The van der Waals surface area contributed by atoms with Gasteiger partial charge in [0.1, 0.15) is 6.61 Å². The van der Waals surface area contributed by atoms with Crippen molar-refractivity contribution in [3.63, 3.8) is 0 Å². The lowest BCUT2D eigenvalue weighted by Crippen LogP contribution is -2.51. The topological polar surface area (TPSA) is 94.0 Å². The van der Waals surface area contributed by atoms with E-state index in [0.29, 0.717) is 35.6 Å². The number of aromatic nitrogens is 3. The number of para-hydroxylation sites is 2. The number of rotatable bonds is 8. The Morgan fingerprint density at radius 3 is 2.81 bits per heavy atom. The number of urea groups is 1. The van der Waals surface area contributed by atoms with Gasteiger partial charge in [-0.05, 0) is 25.1 Å². The van der Waals surface area contributed by atoms with E-state index in [0.717, 1.165) is 45.0 Å². The van der Waals surface area contributed by atoms with Gasteiger partial charge in [-0.3, -0.25) is 4.90 Å². The van der Waals surface area contributed by atoms with Crippen LogP contribution in [0.5, 0.6) is 11.5 Å². The molecule has 1 aromatic heterocycles. The summed E-state index contributed by atoms with van der Waals surface area (Å²) < 4.78 is 18.4. The quantitative estimate of drug-likeness (QED) is 0.605. The van der Waals surface area contributed by atoms with E-state index in [1.165, 1.54) is 0 Å². The first-order chi connectivity index (χ1) is 15.3. The van der Waals surface area contributed by atoms with Gasteiger partial charge in [0, 0.05) is 25.4 Å². The molecule has 1 aromatic carbocycles. The Morgan fingerprint density at radius 2 is 2.00 bits per heavy atom. The molecule has 0 atom stereocenters. The summed E-state index contributed by atoms with van der Waals surface area (Å²) in [5.41, 5.74) is 0. The van der Waals surface area contributed by atoms with Crippen LogP contribution in [0.3, 0.4) is 0 Å². The molecule has 2 aromatic rings. The SMILES string of the molecule is COc1ccccc1OCc1nnc2n1N(C(=O)NCCCN1CCOCC1)CCS2. The number of amides is 2. The Labute approximate surface area is 185 Å². The van der Waals surface area contributed by atoms with Crippen LogP contribution in [0.25, 0.3) is 0 Å². The third-order valence-corrected chi connectivity index (χ3v) is 6.04. The summed E-state index contributed by atoms with van der Waals surface area (Å²) in [6.07, 6.45) is 0.896. The summed E-state index contributed by atoms with van der Waals surface area (Å²) >= 11 is 1.58. The second-order valence-corrected chi connectivity index (χ2v) is 8.22. The second kappa shape index (κ2) is 10.7. The Bertz CT molecular complexity index is 873. The predicted octanol–water partition coefficient (Wildman–Crippen LogP) is 1.34. The molecule has 2 aliphatic heterocycles. The summed E-state index contributed by atoms with van der Waals surface area (Å²) in [7, 11) is 1.60. The van der Waals surface area contributed by atoms with Gasteiger partial charge >= 0.3 is 6.03 Å². The van der Waals surface area contributed by atoms with Crippen molar-refractivity contribution in [3.8, 4) is 11.5 Å². The fourth-order valence-corrected chi connectivity index (χ4v) is 4.40. The van der Waals surface area contributed by atoms with E-state index in [-0.39, 0.29) is 12.6 Å². The molecular weight excluding hydrogens is 420 g/mol. The van der Waals surface area contributed by atoms with Crippen LogP contribution in [0, 0.1) is 0 Å². The van der Waals surface area contributed by atoms with Crippen LogP contribution in [0.2, 0.25) is 0 Å². The molecule has 11 heteroatoms. The fraction of sp³-hybridized carbons (Fsp3) is 0.550. The Kier molecular flexibility index (Phi) is 7.49. The maximum atomic E-state index is 12.9. The van der Waals surface area contributed by atoms with Gasteiger partial charge in [0.25, 0.3) is 0 Å². The molecule has 31 heavy (non-hydrogen) atoms. The third kappa shape index (κ3) is 5.41. The first kappa shape index (κ1) is 21.7. The summed E-state index contributed by atoms with van der Waals surface area (Å²) in [5.74, 6) is 2.60. The fourth-order valence-electron chi connectivity index (χ4n) is 3.53. The van der Waals surface area contributed by atoms with Gasteiger partial charge in [-0.25, -0.2) is 14.5 Å². The number of carbonyl (C=O) groups excluding carboxylic acids is 1. The summed E-state index contributed by atoms with van der Waals surface area (Å²) in [6, 6.07) is 7.28. The van der Waals surface area contributed by atoms with Crippen molar-refractivity contribution >= 4 is 17.8 Å². The zero-order chi connectivity index (χ0) is 21.5. The van der Waals surface area contributed by atoms with Crippen molar-refractivity contribution in [1.29, 1.82) is 0 Å². The van der Waals surface area contributed by atoms with Gasteiger partial charge in [0.15, 0.2) is 17.3 Å². The molecular formula is C20H28N6O4S. The molecule has 10 nitrogen and oxygen atoms in total. The van der Waals surface area contributed by atoms with Crippen molar-refractivity contribution in [2.75, 3.05) is 63.8 Å². The molecule has 2 aliphatic rings. The Morgan fingerprint density at radius 1 is 1.19 bits per heavy atom. The normalized spacial score (nSPS) is 16.6. The number of benzene rings is 1. The third-order valence-electron chi connectivity index (χ3n) is 5.14. The molecule has 1 saturated heterocycles. The Balaban J connectivity index is 1.34. The van der Waals surface area contributed by atoms with Crippen LogP contribution in [0.4, 0.5) is 4.79 Å². The van der Waals surface area contributed by atoms with Crippen LogP contribution in [0.15, 0.2) is 29.4 Å². The molecule has 2 amide bonds. The number of hydrogen-bond acceptors (Lipinski definition) is 8. The van der Waals surface area contributed by atoms with Gasteiger partial charge in [-0.15, -0.1) is 10.2 Å². The van der Waals surface area contributed by atoms with Crippen molar-refractivity contribution < 1.29 is 19.0 Å². The predicted molar refractivity (Wildman–Crippen MR) is 116 cm³/mol. The molecule has 1 N–H and O–H groups in total. The number of thioether (sulfide) groups is 1. The van der Waals surface area contributed by atoms with E-state index in [1.54, 1.807) is 28.6 Å². The van der Waals surface area contributed by atoms with Gasteiger partial charge in [0.05, 0.1) is 26.9 Å². The number of hydrogen-bond donors (Lipinski definition) is 1. The lowest BCUT2D eigenvalue weighted by atomic mass is 10.3. The zero-order valence-electron chi connectivity index (χ0n) is 17.7. The largest absolute Gasteiger partial charge is 0.493 e.